The fourth-order valence-electron chi connectivity index (χ4n) is 3.61. The monoisotopic (exact) mass is 354 g/mol. The second-order valence-corrected chi connectivity index (χ2v) is 8.56. The summed E-state index contributed by atoms with van der Waals surface area (Å²) in [6, 6.07) is 0. The SMILES string of the molecule is CCCCCCCCCCCCCCCCCCC(C)(N)CCNC. The Bertz CT molecular complexity index is 250. The van der Waals surface area contributed by atoms with E-state index in [1.165, 1.54) is 109 Å². The lowest BCUT2D eigenvalue weighted by Crippen LogP contribution is -2.38. The standard InChI is InChI=1S/C23H50N2/c1-4-5-6-7-8-9-10-11-12-13-14-15-16-17-18-19-20-23(2,24)21-22-25-3/h25H,4-22,24H2,1-3H3. The van der Waals surface area contributed by atoms with Crippen molar-refractivity contribution in [3.63, 3.8) is 0 Å². The van der Waals surface area contributed by atoms with E-state index in [-0.39, 0.29) is 5.54 Å². The van der Waals surface area contributed by atoms with Crippen molar-refractivity contribution in [2.24, 2.45) is 5.73 Å². The molecule has 0 aromatic rings. The van der Waals surface area contributed by atoms with E-state index in [9.17, 15) is 0 Å². The average molecular weight is 355 g/mol. The van der Waals surface area contributed by atoms with Gasteiger partial charge in [0, 0.05) is 5.54 Å². The predicted molar refractivity (Wildman–Crippen MR) is 115 cm³/mol. The minimum Gasteiger partial charge on any atom is -0.325 e. The summed E-state index contributed by atoms with van der Waals surface area (Å²) in [4.78, 5) is 0. The zero-order chi connectivity index (χ0) is 18.6. The largest absolute Gasteiger partial charge is 0.325 e. The summed E-state index contributed by atoms with van der Waals surface area (Å²) in [5, 5.41) is 3.20. The fourth-order valence-corrected chi connectivity index (χ4v) is 3.61. The van der Waals surface area contributed by atoms with Crippen molar-refractivity contribution in [3.8, 4) is 0 Å². The van der Waals surface area contributed by atoms with Crippen molar-refractivity contribution in [1.82, 2.24) is 5.32 Å². The lowest BCUT2D eigenvalue weighted by atomic mass is 9.91. The summed E-state index contributed by atoms with van der Waals surface area (Å²) in [5.74, 6) is 0. The van der Waals surface area contributed by atoms with Gasteiger partial charge in [-0.05, 0) is 33.4 Å². The van der Waals surface area contributed by atoms with Gasteiger partial charge < -0.3 is 11.1 Å². The smallest absolute Gasteiger partial charge is 0.0137 e. The summed E-state index contributed by atoms with van der Waals surface area (Å²) in [6.45, 7) is 5.53. The van der Waals surface area contributed by atoms with Gasteiger partial charge in [0.2, 0.25) is 0 Å². The van der Waals surface area contributed by atoms with Crippen LogP contribution in [0.25, 0.3) is 0 Å². The molecule has 0 saturated heterocycles. The topological polar surface area (TPSA) is 38.0 Å². The van der Waals surface area contributed by atoms with Crippen molar-refractivity contribution < 1.29 is 0 Å². The van der Waals surface area contributed by atoms with Crippen LogP contribution in [0, 0.1) is 0 Å². The average Bonchev–Trinajstić information content (AvgIpc) is 2.59. The Balaban J connectivity index is 3.14. The molecule has 0 aliphatic rings. The highest BCUT2D eigenvalue weighted by Gasteiger charge is 2.16. The minimum atomic E-state index is 0.0268. The molecule has 25 heavy (non-hydrogen) atoms. The maximum absolute atomic E-state index is 6.32. The molecule has 0 bridgehead atoms. The Morgan fingerprint density at radius 2 is 0.960 bits per heavy atom. The molecule has 0 aliphatic carbocycles. The van der Waals surface area contributed by atoms with E-state index in [1.807, 2.05) is 7.05 Å². The Labute approximate surface area is 160 Å². The van der Waals surface area contributed by atoms with Gasteiger partial charge in [-0.1, -0.05) is 110 Å². The van der Waals surface area contributed by atoms with Gasteiger partial charge in [-0.15, -0.1) is 0 Å². The van der Waals surface area contributed by atoms with Gasteiger partial charge in [0.25, 0.3) is 0 Å². The molecule has 0 aliphatic heterocycles. The molecule has 0 heterocycles. The molecule has 0 amide bonds. The molecule has 1 atom stereocenters. The molecule has 0 fully saturated rings. The van der Waals surface area contributed by atoms with Crippen LogP contribution in [-0.2, 0) is 0 Å². The first-order chi connectivity index (χ1) is 12.1. The number of nitrogens with one attached hydrogen (secondary N) is 1. The highest BCUT2D eigenvalue weighted by molar-refractivity contribution is 4.78. The summed E-state index contributed by atoms with van der Waals surface area (Å²) >= 11 is 0. The van der Waals surface area contributed by atoms with E-state index in [1.54, 1.807) is 0 Å². The summed E-state index contributed by atoms with van der Waals surface area (Å²) < 4.78 is 0. The zero-order valence-corrected chi connectivity index (χ0v) is 18.0. The molecule has 0 aromatic carbocycles. The van der Waals surface area contributed by atoms with Crippen LogP contribution in [0.15, 0.2) is 0 Å². The van der Waals surface area contributed by atoms with E-state index >= 15 is 0 Å². The van der Waals surface area contributed by atoms with Crippen LogP contribution in [0.1, 0.15) is 129 Å². The third kappa shape index (κ3) is 20.1. The zero-order valence-electron chi connectivity index (χ0n) is 18.0. The number of nitrogens with two attached hydrogens (primary N) is 1. The van der Waals surface area contributed by atoms with Crippen molar-refractivity contribution in [3.05, 3.63) is 0 Å². The summed E-state index contributed by atoms with van der Waals surface area (Å²) in [6.07, 6.45) is 25.2. The molecular weight excluding hydrogens is 304 g/mol. The molecular formula is C23H50N2. The maximum Gasteiger partial charge on any atom is 0.0137 e. The molecule has 1 unspecified atom stereocenters. The van der Waals surface area contributed by atoms with Gasteiger partial charge in [-0.25, -0.2) is 0 Å². The Morgan fingerprint density at radius 3 is 1.32 bits per heavy atom. The van der Waals surface area contributed by atoms with Gasteiger partial charge in [-0.2, -0.15) is 0 Å². The van der Waals surface area contributed by atoms with Gasteiger partial charge in [0.1, 0.15) is 0 Å². The van der Waals surface area contributed by atoms with Crippen LogP contribution in [0.2, 0.25) is 0 Å². The third-order valence-corrected chi connectivity index (χ3v) is 5.55. The first-order valence-corrected chi connectivity index (χ1v) is 11.6. The first-order valence-electron chi connectivity index (χ1n) is 11.6. The van der Waals surface area contributed by atoms with Gasteiger partial charge >= 0.3 is 0 Å². The molecule has 2 heteroatoms. The number of rotatable bonds is 20. The van der Waals surface area contributed by atoms with E-state index in [0.29, 0.717) is 0 Å². The molecule has 0 spiro atoms. The molecule has 2 nitrogen and oxygen atoms in total. The van der Waals surface area contributed by atoms with Crippen LogP contribution >= 0.6 is 0 Å². The van der Waals surface area contributed by atoms with Crippen molar-refractivity contribution in [1.29, 1.82) is 0 Å². The van der Waals surface area contributed by atoms with Crippen molar-refractivity contribution >= 4 is 0 Å². The maximum atomic E-state index is 6.32. The van der Waals surface area contributed by atoms with Crippen LogP contribution in [0.5, 0.6) is 0 Å². The van der Waals surface area contributed by atoms with E-state index in [4.69, 9.17) is 5.73 Å². The minimum absolute atomic E-state index is 0.0268. The van der Waals surface area contributed by atoms with Crippen LogP contribution < -0.4 is 11.1 Å². The van der Waals surface area contributed by atoms with Crippen LogP contribution in [0.3, 0.4) is 0 Å². The quantitative estimate of drug-likeness (QED) is 0.232. The molecule has 0 radical (unpaired) electrons. The molecule has 152 valence electrons. The molecule has 3 N–H and O–H groups in total. The van der Waals surface area contributed by atoms with Gasteiger partial charge in [-0.3, -0.25) is 0 Å². The van der Waals surface area contributed by atoms with Gasteiger partial charge in [0.05, 0.1) is 0 Å². The molecule has 0 aromatic heterocycles. The third-order valence-electron chi connectivity index (χ3n) is 5.55. The van der Waals surface area contributed by atoms with Crippen molar-refractivity contribution in [2.45, 2.75) is 135 Å². The molecule has 0 rings (SSSR count). The van der Waals surface area contributed by atoms with Crippen LogP contribution in [0.4, 0.5) is 0 Å². The summed E-state index contributed by atoms with van der Waals surface area (Å²) in [5.41, 5.74) is 6.35. The fraction of sp³-hybridized carbons (Fsp3) is 1.00. The van der Waals surface area contributed by atoms with E-state index in [2.05, 4.69) is 19.2 Å². The Morgan fingerprint density at radius 1 is 0.600 bits per heavy atom. The normalized spacial score (nSPS) is 13.9. The van der Waals surface area contributed by atoms with E-state index < -0.39 is 0 Å². The lowest BCUT2D eigenvalue weighted by molar-refractivity contribution is 0.376. The number of hydrogen-bond acceptors (Lipinski definition) is 2. The van der Waals surface area contributed by atoms with Gasteiger partial charge in [0.15, 0.2) is 0 Å². The van der Waals surface area contributed by atoms with Crippen LogP contribution in [-0.4, -0.2) is 19.1 Å². The highest BCUT2D eigenvalue weighted by atomic mass is 14.8. The van der Waals surface area contributed by atoms with E-state index in [0.717, 1.165) is 13.0 Å². The lowest BCUT2D eigenvalue weighted by Gasteiger charge is -2.24. The highest BCUT2D eigenvalue weighted by Crippen LogP contribution is 2.17. The first kappa shape index (κ1) is 24.9. The second-order valence-electron chi connectivity index (χ2n) is 8.56. The number of unbranched alkanes of at least 4 members (excludes halogenated alkanes) is 15. The Hall–Kier alpha value is -0.0800. The second kappa shape index (κ2) is 18.7. The molecule has 0 saturated carbocycles. The number of hydrogen-bond donors (Lipinski definition) is 2. The predicted octanol–water partition coefficient (Wildman–Crippen LogP) is 6.96. The Kier molecular flexibility index (Phi) is 18.6. The summed E-state index contributed by atoms with van der Waals surface area (Å²) in [7, 11) is 2.00. The van der Waals surface area contributed by atoms with Crippen molar-refractivity contribution in [2.75, 3.05) is 13.6 Å².